The van der Waals surface area contributed by atoms with Crippen molar-refractivity contribution in [2.24, 2.45) is 0 Å². The molecule has 1 aromatic carbocycles. The lowest BCUT2D eigenvalue weighted by atomic mass is 10.2. The third kappa shape index (κ3) is 3.85. The van der Waals surface area contributed by atoms with Crippen molar-refractivity contribution < 1.29 is 13.2 Å². The van der Waals surface area contributed by atoms with Gasteiger partial charge in [-0.1, -0.05) is 17.7 Å². The van der Waals surface area contributed by atoms with Gasteiger partial charge in [0.2, 0.25) is 15.9 Å². The summed E-state index contributed by atoms with van der Waals surface area (Å²) in [6.45, 7) is 3.84. The van der Waals surface area contributed by atoms with Crippen LogP contribution in [0.2, 0.25) is 0 Å². The Bertz CT molecular complexity index is 618. The third-order valence-electron chi connectivity index (χ3n) is 3.70. The van der Waals surface area contributed by atoms with Gasteiger partial charge in [0.25, 0.3) is 0 Å². The van der Waals surface area contributed by atoms with Gasteiger partial charge in [-0.25, -0.2) is 8.42 Å². The fraction of sp³-hybridized carbons (Fsp3) is 0.533. The van der Waals surface area contributed by atoms with E-state index in [4.69, 9.17) is 0 Å². The molecule has 0 saturated carbocycles. The minimum atomic E-state index is -3.47. The Morgan fingerprint density at radius 2 is 1.64 bits per heavy atom. The normalized spacial score (nSPS) is 17.0. The molecule has 1 saturated heterocycles. The van der Waals surface area contributed by atoms with Crippen LogP contribution in [0.5, 0.6) is 0 Å². The van der Waals surface area contributed by atoms with E-state index in [0.717, 1.165) is 5.56 Å². The molecule has 6 nitrogen and oxygen atoms in total. The van der Waals surface area contributed by atoms with Crippen molar-refractivity contribution in [2.45, 2.75) is 11.8 Å². The van der Waals surface area contributed by atoms with E-state index >= 15 is 0 Å². The minimum absolute atomic E-state index is 0.0392. The molecule has 1 amide bonds. The van der Waals surface area contributed by atoms with Crippen molar-refractivity contribution >= 4 is 15.9 Å². The highest BCUT2D eigenvalue weighted by molar-refractivity contribution is 7.89. The molecule has 0 atom stereocenters. The monoisotopic (exact) mass is 325 g/mol. The lowest BCUT2D eigenvalue weighted by Crippen LogP contribution is -2.52. The van der Waals surface area contributed by atoms with Crippen LogP contribution < -0.4 is 0 Å². The maximum atomic E-state index is 12.6. The second kappa shape index (κ2) is 6.76. The molecule has 1 aliphatic heterocycles. The zero-order chi connectivity index (χ0) is 16.3. The van der Waals surface area contributed by atoms with Crippen molar-refractivity contribution in [2.75, 3.05) is 46.8 Å². The molecule has 0 spiro atoms. The van der Waals surface area contributed by atoms with Crippen molar-refractivity contribution in [3.05, 3.63) is 29.8 Å². The zero-order valence-corrected chi connectivity index (χ0v) is 14.1. The van der Waals surface area contributed by atoms with Crippen LogP contribution >= 0.6 is 0 Å². The summed E-state index contributed by atoms with van der Waals surface area (Å²) in [7, 11) is 0.220. The fourth-order valence-corrected chi connectivity index (χ4v) is 3.83. The number of nitrogens with zero attached hydrogens (tertiary/aromatic N) is 3. The van der Waals surface area contributed by atoms with Gasteiger partial charge < -0.3 is 9.80 Å². The van der Waals surface area contributed by atoms with Crippen LogP contribution in [0.4, 0.5) is 0 Å². The number of likely N-dealkylation sites (N-methyl/N-ethyl adjacent to an activating group) is 1. The maximum Gasteiger partial charge on any atom is 0.243 e. The quantitative estimate of drug-likeness (QED) is 0.803. The summed E-state index contributed by atoms with van der Waals surface area (Å²) in [5.74, 6) is 0.0392. The number of carbonyl (C=O) groups excluding carboxylic acids is 1. The minimum Gasteiger partial charge on any atom is -0.339 e. The van der Waals surface area contributed by atoms with E-state index in [9.17, 15) is 13.2 Å². The molecule has 0 radical (unpaired) electrons. The van der Waals surface area contributed by atoms with E-state index in [1.807, 2.05) is 25.9 Å². The first-order valence-corrected chi connectivity index (χ1v) is 8.74. The van der Waals surface area contributed by atoms with Crippen LogP contribution in [0.25, 0.3) is 0 Å². The van der Waals surface area contributed by atoms with Gasteiger partial charge in [-0.3, -0.25) is 4.79 Å². The van der Waals surface area contributed by atoms with E-state index in [1.54, 1.807) is 29.2 Å². The number of amides is 1. The first-order chi connectivity index (χ1) is 10.3. The average Bonchev–Trinajstić information content (AvgIpc) is 2.47. The standard InChI is InChI=1S/C15H23N3O3S/c1-13-4-6-14(7-5-13)22(20,21)18-10-8-17(9-11-18)15(19)12-16(2)3/h4-7H,8-12H2,1-3H3. The lowest BCUT2D eigenvalue weighted by Gasteiger charge is -2.34. The molecule has 1 fully saturated rings. The summed E-state index contributed by atoms with van der Waals surface area (Å²) in [5, 5.41) is 0. The highest BCUT2D eigenvalue weighted by Gasteiger charge is 2.29. The number of rotatable bonds is 4. The van der Waals surface area contributed by atoms with Crippen LogP contribution in [-0.2, 0) is 14.8 Å². The molecule has 0 N–H and O–H groups in total. The van der Waals surface area contributed by atoms with Crippen molar-refractivity contribution in [1.82, 2.24) is 14.1 Å². The number of piperazine rings is 1. The van der Waals surface area contributed by atoms with Crippen LogP contribution in [-0.4, -0.2) is 75.2 Å². The Labute approximate surface area is 132 Å². The molecule has 122 valence electrons. The molecule has 7 heteroatoms. The van der Waals surface area contributed by atoms with E-state index in [0.29, 0.717) is 37.6 Å². The second-order valence-corrected chi connectivity index (χ2v) is 7.77. The van der Waals surface area contributed by atoms with Gasteiger partial charge >= 0.3 is 0 Å². The number of benzene rings is 1. The van der Waals surface area contributed by atoms with Crippen LogP contribution in [0.1, 0.15) is 5.56 Å². The highest BCUT2D eigenvalue weighted by atomic mass is 32.2. The first kappa shape index (κ1) is 16.9. The average molecular weight is 325 g/mol. The zero-order valence-electron chi connectivity index (χ0n) is 13.3. The molecule has 1 aromatic rings. The Hall–Kier alpha value is -1.44. The summed E-state index contributed by atoms with van der Waals surface area (Å²) in [6, 6.07) is 6.86. The summed E-state index contributed by atoms with van der Waals surface area (Å²) in [6.07, 6.45) is 0. The summed E-state index contributed by atoms with van der Waals surface area (Å²) in [5.41, 5.74) is 1.03. The van der Waals surface area contributed by atoms with Gasteiger partial charge in [0.1, 0.15) is 0 Å². The second-order valence-electron chi connectivity index (χ2n) is 5.84. The summed E-state index contributed by atoms with van der Waals surface area (Å²) < 4.78 is 26.6. The van der Waals surface area contributed by atoms with Gasteiger partial charge in [-0.2, -0.15) is 4.31 Å². The molecule has 0 bridgehead atoms. The van der Waals surface area contributed by atoms with Crippen molar-refractivity contribution in [1.29, 1.82) is 0 Å². The molecule has 1 heterocycles. The number of aryl methyl sites for hydroxylation is 1. The summed E-state index contributed by atoms with van der Waals surface area (Å²) >= 11 is 0. The van der Waals surface area contributed by atoms with Crippen molar-refractivity contribution in [3.8, 4) is 0 Å². The van der Waals surface area contributed by atoms with Gasteiger partial charge in [0.05, 0.1) is 11.4 Å². The SMILES string of the molecule is Cc1ccc(S(=O)(=O)N2CCN(C(=O)CN(C)C)CC2)cc1. The smallest absolute Gasteiger partial charge is 0.243 e. The van der Waals surface area contributed by atoms with E-state index in [-0.39, 0.29) is 5.91 Å². The molecule has 0 unspecified atom stereocenters. The van der Waals surface area contributed by atoms with E-state index in [2.05, 4.69) is 0 Å². The Morgan fingerprint density at radius 1 is 1.09 bits per heavy atom. The first-order valence-electron chi connectivity index (χ1n) is 7.30. The molecule has 22 heavy (non-hydrogen) atoms. The van der Waals surface area contributed by atoms with Gasteiger partial charge in [0.15, 0.2) is 0 Å². The fourth-order valence-electron chi connectivity index (χ4n) is 2.41. The largest absolute Gasteiger partial charge is 0.339 e. The highest BCUT2D eigenvalue weighted by Crippen LogP contribution is 2.18. The molecule has 2 rings (SSSR count). The predicted molar refractivity (Wildman–Crippen MR) is 85.1 cm³/mol. The maximum absolute atomic E-state index is 12.6. The number of sulfonamides is 1. The molecular formula is C15H23N3O3S. The van der Waals surface area contributed by atoms with Gasteiger partial charge in [-0.05, 0) is 33.2 Å². The third-order valence-corrected chi connectivity index (χ3v) is 5.61. The van der Waals surface area contributed by atoms with E-state index in [1.165, 1.54) is 4.31 Å². The molecular weight excluding hydrogens is 302 g/mol. The van der Waals surface area contributed by atoms with E-state index < -0.39 is 10.0 Å². The lowest BCUT2D eigenvalue weighted by molar-refractivity contribution is -0.133. The van der Waals surface area contributed by atoms with Gasteiger partial charge in [0, 0.05) is 26.2 Å². The van der Waals surface area contributed by atoms with Crippen LogP contribution in [0.15, 0.2) is 29.2 Å². The summed E-state index contributed by atoms with van der Waals surface area (Å²) in [4.78, 5) is 15.8. The number of hydrogen-bond donors (Lipinski definition) is 0. The van der Waals surface area contributed by atoms with Gasteiger partial charge in [-0.15, -0.1) is 0 Å². The Morgan fingerprint density at radius 3 is 2.14 bits per heavy atom. The number of carbonyl (C=O) groups is 1. The molecule has 0 aliphatic carbocycles. The molecule has 0 aromatic heterocycles. The Balaban J connectivity index is 2.01. The topological polar surface area (TPSA) is 60.9 Å². The van der Waals surface area contributed by atoms with Crippen molar-refractivity contribution in [3.63, 3.8) is 0 Å². The molecule has 1 aliphatic rings. The van der Waals surface area contributed by atoms with Crippen LogP contribution in [0, 0.1) is 6.92 Å². The Kier molecular flexibility index (Phi) is 5.20. The predicted octanol–water partition coefficient (Wildman–Crippen LogP) is 0.390. The number of hydrogen-bond acceptors (Lipinski definition) is 4. The van der Waals surface area contributed by atoms with Crippen LogP contribution in [0.3, 0.4) is 0 Å².